The van der Waals surface area contributed by atoms with E-state index in [0.29, 0.717) is 17.7 Å². The lowest BCUT2D eigenvalue weighted by atomic mass is 9.85. The van der Waals surface area contributed by atoms with Crippen LogP contribution in [-0.2, 0) is 10.4 Å². The van der Waals surface area contributed by atoms with Gasteiger partial charge in [-0.25, -0.2) is 0 Å². The molecule has 3 aromatic rings. The van der Waals surface area contributed by atoms with Crippen molar-refractivity contribution in [3.05, 3.63) is 63.8 Å². The number of nitrogens with zero attached hydrogens (tertiary/aromatic N) is 1. The standard InChI is InChI=1S/C20H19BrN2O2/c1-3-10-23-17-9-8-13(21)11-15(17)20(25,19(23)24)18-12(2)22-16-7-5-4-6-14(16)18/h4-9,11,22,25H,3,10H2,1-2H3. The average molecular weight is 399 g/mol. The SMILES string of the molecule is CCCN1C(=O)C(O)(c2c(C)[nH]c3ccccc23)c2cc(Br)ccc21. The Balaban J connectivity index is 2.04. The van der Waals surface area contributed by atoms with Gasteiger partial charge in [0.25, 0.3) is 5.91 Å². The lowest BCUT2D eigenvalue weighted by Crippen LogP contribution is -2.41. The molecular weight excluding hydrogens is 380 g/mol. The zero-order chi connectivity index (χ0) is 17.8. The van der Waals surface area contributed by atoms with E-state index in [0.717, 1.165) is 33.2 Å². The zero-order valence-corrected chi connectivity index (χ0v) is 15.7. The molecule has 1 aliphatic rings. The number of hydrogen-bond acceptors (Lipinski definition) is 2. The first-order chi connectivity index (χ1) is 12.0. The molecule has 2 heterocycles. The van der Waals surface area contributed by atoms with E-state index in [-0.39, 0.29) is 5.91 Å². The third kappa shape index (κ3) is 2.19. The summed E-state index contributed by atoms with van der Waals surface area (Å²) in [4.78, 5) is 18.3. The molecule has 0 aliphatic carbocycles. The summed E-state index contributed by atoms with van der Waals surface area (Å²) in [6.45, 7) is 4.51. The van der Waals surface area contributed by atoms with Gasteiger partial charge >= 0.3 is 0 Å². The second-order valence-electron chi connectivity index (χ2n) is 6.50. The fourth-order valence-electron chi connectivity index (χ4n) is 3.88. The molecule has 5 heteroatoms. The van der Waals surface area contributed by atoms with Gasteiger partial charge in [-0.1, -0.05) is 41.1 Å². The molecule has 1 aliphatic heterocycles. The molecule has 2 aromatic carbocycles. The van der Waals surface area contributed by atoms with Crippen molar-refractivity contribution in [2.45, 2.75) is 25.9 Å². The smallest absolute Gasteiger partial charge is 0.268 e. The van der Waals surface area contributed by atoms with Crippen molar-refractivity contribution < 1.29 is 9.90 Å². The van der Waals surface area contributed by atoms with Gasteiger partial charge in [0, 0.05) is 38.7 Å². The lowest BCUT2D eigenvalue weighted by Gasteiger charge is -2.24. The number of anilines is 1. The van der Waals surface area contributed by atoms with Crippen LogP contribution in [-0.4, -0.2) is 22.5 Å². The minimum Gasteiger partial charge on any atom is -0.372 e. The van der Waals surface area contributed by atoms with Crippen LogP contribution in [0.25, 0.3) is 10.9 Å². The van der Waals surface area contributed by atoms with Gasteiger partial charge in [-0.3, -0.25) is 4.79 Å². The monoisotopic (exact) mass is 398 g/mol. The number of aromatic nitrogens is 1. The highest BCUT2D eigenvalue weighted by atomic mass is 79.9. The fourth-order valence-corrected chi connectivity index (χ4v) is 4.24. The Morgan fingerprint density at radius 1 is 1.24 bits per heavy atom. The Kier molecular flexibility index (Phi) is 3.74. The molecule has 0 fully saturated rings. The quantitative estimate of drug-likeness (QED) is 0.693. The summed E-state index contributed by atoms with van der Waals surface area (Å²) in [5, 5.41) is 12.6. The highest BCUT2D eigenvalue weighted by Crippen LogP contribution is 2.48. The van der Waals surface area contributed by atoms with Gasteiger partial charge in [0.15, 0.2) is 5.60 Å². The summed E-state index contributed by atoms with van der Waals surface area (Å²) in [6.07, 6.45) is 0.824. The van der Waals surface area contributed by atoms with Crippen LogP contribution in [0, 0.1) is 6.92 Å². The summed E-state index contributed by atoms with van der Waals surface area (Å²) in [5.74, 6) is -0.282. The molecule has 0 radical (unpaired) electrons. The number of hydrogen-bond donors (Lipinski definition) is 2. The van der Waals surface area contributed by atoms with Gasteiger partial charge in [-0.15, -0.1) is 0 Å². The van der Waals surface area contributed by atoms with Gasteiger partial charge in [-0.05, 0) is 37.6 Å². The maximum Gasteiger partial charge on any atom is 0.268 e. The number of halogens is 1. The van der Waals surface area contributed by atoms with E-state index in [1.54, 1.807) is 4.90 Å². The van der Waals surface area contributed by atoms with Gasteiger partial charge in [0.2, 0.25) is 0 Å². The minimum absolute atomic E-state index is 0.282. The first kappa shape index (κ1) is 16.4. The normalized spacial score (nSPS) is 19.7. The van der Waals surface area contributed by atoms with Crippen LogP contribution in [0.1, 0.15) is 30.2 Å². The van der Waals surface area contributed by atoms with Gasteiger partial charge in [0.1, 0.15) is 0 Å². The minimum atomic E-state index is -1.68. The molecular formula is C20H19BrN2O2. The van der Waals surface area contributed by atoms with Crippen molar-refractivity contribution in [3.63, 3.8) is 0 Å². The van der Waals surface area contributed by atoms with Crippen LogP contribution in [0.15, 0.2) is 46.9 Å². The number of aryl methyl sites for hydroxylation is 1. The van der Waals surface area contributed by atoms with Crippen LogP contribution >= 0.6 is 15.9 Å². The molecule has 0 saturated carbocycles. The second-order valence-corrected chi connectivity index (χ2v) is 7.41. The number of benzene rings is 2. The van der Waals surface area contributed by atoms with Crippen molar-refractivity contribution in [3.8, 4) is 0 Å². The maximum absolute atomic E-state index is 13.3. The Morgan fingerprint density at radius 3 is 2.76 bits per heavy atom. The predicted molar refractivity (Wildman–Crippen MR) is 103 cm³/mol. The first-order valence-electron chi connectivity index (χ1n) is 8.40. The van der Waals surface area contributed by atoms with Crippen LogP contribution < -0.4 is 4.90 Å². The number of nitrogens with one attached hydrogen (secondary N) is 1. The molecule has 25 heavy (non-hydrogen) atoms. The van der Waals surface area contributed by atoms with Crippen LogP contribution in [0.2, 0.25) is 0 Å². The molecule has 0 spiro atoms. The van der Waals surface area contributed by atoms with Crippen molar-refractivity contribution in [1.82, 2.24) is 4.98 Å². The second kappa shape index (κ2) is 5.71. The van der Waals surface area contributed by atoms with E-state index in [1.807, 2.05) is 56.3 Å². The Labute approximate surface area is 154 Å². The Morgan fingerprint density at radius 2 is 2.00 bits per heavy atom. The molecule has 4 rings (SSSR count). The van der Waals surface area contributed by atoms with E-state index in [1.165, 1.54) is 0 Å². The summed E-state index contributed by atoms with van der Waals surface area (Å²) in [7, 11) is 0. The Bertz CT molecular complexity index is 995. The van der Waals surface area contributed by atoms with Crippen molar-refractivity contribution in [2.75, 3.05) is 11.4 Å². The number of fused-ring (bicyclic) bond motifs is 2. The lowest BCUT2D eigenvalue weighted by molar-refractivity contribution is -0.132. The van der Waals surface area contributed by atoms with Gasteiger partial charge < -0.3 is 15.0 Å². The van der Waals surface area contributed by atoms with E-state index < -0.39 is 5.60 Å². The van der Waals surface area contributed by atoms with Crippen molar-refractivity contribution in [1.29, 1.82) is 0 Å². The van der Waals surface area contributed by atoms with Crippen LogP contribution in [0.5, 0.6) is 0 Å². The molecule has 1 aromatic heterocycles. The molecule has 1 amide bonds. The molecule has 0 bridgehead atoms. The number of para-hydroxylation sites is 1. The summed E-state index contributed by atoms with van der Waals surface area (Å²) < 4.78 is 0.841. The van der Waals surface area contributed by atoms with E-state index in [4.69, 9.17) is 0 Å². The number of rotatable bonds is 3. The number of aliphatic hydroxyl groups is 1. The maximum atomic E-state index is 13.3. The number of amides is 1. The predicted octanol–water partition coefficient (Wildman–Crippen LogP) is 4.23. The van der Waals surface area contributed by atoms with E-state index in [2.05, 4.69) is 20.9 Å². The molecule has 1 unspecified atom stereocenters. The van der Waals surface area contributed by atoms with Gasteiger partial charge in [0.05, 0.1) is 5.69 Å². The van der Waals surface area contributed by atoms with Crippen LogP contribution in [0.4, 0.5) is 5.69 Å². The third-order valence-electron chi connectivity index (χ3n) is 4.90. The summed E-state index contributed by atoms with van der Waals surface area (Å²) in [6, 6.07) is 13.4. The molecule has 1 atom stereocenters. The summed E-state index contributed by atoms with van der Waals surface area (Å²) in [5.41, 5.74) is 2.10. The van der Waals surface area contributed by atoms with Gasteiger partial charge in [-0.2, -0.15) is 0 Å². The van der Waals surface area contributed by atoms with Crippen molar-refractivity contribution >= 4 is 38.4 Å². The largest absolute Gasteiger partial charge is 0.372 e. The molecule has 128 valence electrons. The molecule has 2 N–H and O–H groups in total. The molecule has 4 nitrogen and oxygen atoms in total. The Hall–Kier alpha value is -2.11. The number of carbonyl (C=O) groups is 1. The van der Waals surface area contributed by atoms with E-state index >= 15 is 0 Å². The molecule has 0 saturated heterocycles. The highest BCUT2D eigenvalue weighted by Gasteiger charge is 2.52. The number of aromatic amines is 1. The third-order valence-corrected chi connectivity index (χ3v) is 5.39. The van der Waals surface area contributed by atoms with Crippen molar-refractivity contribution in [2.24, 2.45) is 0 Å². The number of H-pyrrole nitrogens is 1. The first-order valence-corrected chi connectivity index (χ1v) is 9.20. The van der Waals surface area contributed by atoms with Crippen LogP contribution in [0.3, 0.4) is 0 Å². The zero-order valence-electron chi connectivity index (χ0n) is 14.1. The highest BCUT2D eigenvalue weighted by molar-refractivity contribution is 9.10. The van der Waals surface area contributed by atoms with E-state index in [9.17, 15) is 9.90 Å². The fraction of sp³-hybridized carbons (Fsp3) is 0.250. The summed E-state index contributed by atoms with van der Waals surface area (Å²) >= 11 is 3.48. The number of carbonyl (C=O) groups excluding carboxylic acids is 1. The average Bonchev–Trinajstić information content (AvgIpc) is 3.03. The topological polar surface area (TPSA) is 56.3 Å².